The molecular formula is C25H28N2OS. The standard InChI is InChI=1S/C25H28N2OS/c1-29(28)21-9-7-18(8-10-21)19-12-13-26-20(16-19)14-17-6-11-25-23(15-17)22-4-2-3-5-24(22)27-25/h2-5,7-10,12,17,20,26-27H,6,11,13-16H2,1H3. The second-order valence-corrected chi connectivity index (χ2v) is 9.87. The van der Waals surface area contributed by atoms with Crippen molar-refractivity contribution in [3.05, 3.63) is 71.4 Å². The number of aromatic nitrogens is 1. The average molecular weight is 405 g/mol. The van der Waals surface area contributed by atoms with E-state index in [4.69, 9.17) is 0 Å². The third kappa shape index (κ3) is 3.89. The van der Waals surface area contributed by atoms with Crippen LogP contribution in [0.4, 0.5) is 0 Å². The highest BCUT2D eigenvalue weighted by atomic mass is 32.2. The van der Waals surface area contributed by atoms with Crippen LogP contribution in [-0.4, -0.2) is 28.4 Å². The van der Waals surface area contributed by atoms with Crippen LogP contribution < -0.4 is 5.32 Å². The van der Waals surface area contributed by atoms with Gasteiger partial charge in [0.2, 0.25) is 0 Å². The monoisotopic (exact) mass is 404 g/mol. The predicted molar refractivity (Wildman–Crippen MR) is 122 cm³/mol. The Morgan fingerprint density at radius 1 is 1.07 bits per heavy atom. The maximum absolute atomic E-state index is 11.6. The molecule has 3 unspecified atom stereocenters. The second-order valence-electron chi connectivity index (χ2n) is 8.49. The molecule has 2 aromatic carbocycles. The summed E-state index contributed by atoms with van der Waals surface area (Å²) in [5, 5.41) is 5.13. The number of rotatable bonds is 4. The topological polar surface area (TPSA) is 50.9 Å². The van der Waals surface area contributed by atoms with Gasteiger partial charge in [0, 0.05) is 29.2 Å². The summed E-state index contributed by atoms with van der Waals surface area (Å²) in [5.74, 6) is 0.739. The normalized spacial score (nSPS) is 22.9. The van der Waals surface area contributed by atoms with Crippen molar-refractivity contribution in [1.29, 1.82) is 0 Å². The molecule has 1 aromatic heterocycles. The number of aryl methyl sites for hydroxylation is 1. The molecule has 0 saturated heterocycles. The minimum Gasteiger partial charge on any atom is -0.612 e. The lowest BCUT2D eigenvalue weighted by Gasteiger charge is -2.30. The molecule has 0 amide bonds. The summed E-state index contributed by atoms with van der Waals surface area (Å²) in [6, 6.07) is 17.5. The first-order valence-electron chi connectivity index (χ1n) is 10.6. The Balaban J connectivity index is 1.26. The average Bonchev–Trinajstić information content (AvgIpc) is 3.12. The first-order valence-corrected chi connectivity index (χ1v) is 12.2. The van der Waals surface area contributed by atoms with Crippen molar-refractivity contribution in [2.75, 3.05) is 12.8 Å². The zero-order valence-corrected chi connectivity index (χ0v) is 17.7. The van der Waals surface area contributed by atoms with Crippen LogP contribution in [0.2, 0.25) is 0 Å². The molecule has 3 aromatic rings. The van der Waals surface area contributed by atoms with Gasteiger partial charge < -0.3 is 14.9 Å². The van der Waals surface area contributed by atoms with Crippen LogP contribution in [0.15, 0.2) is 59.5 Å². The van der Waals surface area contributed by atoms with Crippen LogP contribution in [0.25, 0.3) is 16.5 Å². The zero-order chi connectivity index (χ0) is 19.8. The molecule has 0 saturated carbocycles. The highest BCUT2D eigenvalue weighted by Gasteiger charge is 2.26. The minimum absolute atomic E-state index is 0.534. The Kier molecular flexibility index (Phi) is 5.25. The summed E-state index contributed by atoms with van der Waals surface area (Å²) in [6.07, 6.45) is 9.98. The maximum Gasteiger partial charge on any atom is 0.152 e. The quantitative estimate of drug-likeness (QED) is 0.611. The number of H-pyrrole nitrogens is 1. The van der Waals surface area contributed by atoms with Gasteiger partial charge in [0.25, 0.3) is 0 Å². The van der Waals surface area contributed by atoms with E-state index in [2.05, 4.69) is 52.8 Å². The van der Waals surface area contributed by atoms with Gasteiger partial charge in [0.15, 0.2) is 4.90 Å². The van der Waals surface area contributed by atoms with E-state index in [-0.39, 0.29) is 0 Å². The van der Waals surface area contributed by atoms with Gasteiger partial charge >= 0.3 is 0 Å². The van der Waals surface area contributed by atoms with Crippen molar-refractivity contribution in [2.24, 2.45) is 5.92 Å². The van der Waals surface area contributed by atoms with Crippen molar-refractivity contribution in [3.63, 3.8) is 0 Å². The Morgan fingerprint density at radius 3 is 2.72 bits per heavy atom. The molecule has 1 aliphatic heterocycles. The third-order valence-corrected chi connectivity index (χ3v) is 7.53. The van der Waals surface area contributed by atoms with Crippen molar-refractivity contribution in [3.8, 4) is 0 Å². The Bertz CT molecular complexity index is 1030. The molecule has 2 heterocycles. The van der Waals surface area contributed by atoms with Gasteiger partial charge in [0.1, 0.15) is 6.26 Å². The molecule has 2 aliphatic rings. The maximum atomic E-state index is 11.6. The molecule has 29 heavy (non-hydrogen) atoms. The molecule has 3 nitrogen and oxygen atoms in total. The molecule has 0 spiro atoms. The molecule has 1 aliphatic carbocycles. The van der Waals surface area contributed by atoms with Crippen molar-refractivity contribution in [1.82, 2.24) is 10.3 Å². The minimum atomic E-state index is -0.913. The molecule has 0 fully saturated rings. The zero-order valence-electron chi connectivity index (χ0n) is 16.9. The fourth-order valence-electron chi connectivity index (χ4n) is 5.08. The van der Waals surface area contributed by atoms with Crippen LogP contribution in [0, 0.1) is 5.92 Å². The van der Waals surface area contributed by atoms with Crippen molar-refractivity contribution < 1.29 is 4.55 Å². The molecule has 150 valence electrons. The first-order chi connectivity index (χ1) is 14.2. The number of hydrogen-bond acceptors (Lipinski definition) is 2. The second kappa shape index (κ2) is 8.02. The number of fused-ring (bicyclic) bond motifs is 3. The van der Waals surface area contributed by atoms with E-state index in [0.717, 1.165) is 23.8 Å². The number of hydrogen-bond donors (Lipinski definition) is 2. The van der Waals surface area contributed by atoms with Crippen molar-refractivity contribution >= 4 is 27.7 Å². The van der Waals surface area contributed by atoms with E-state index < -0.39 is 11.2 Å². The van der Waals surface area contributed by atoms with E-state index in [0.29, 0.717) is 6.04 Å². The van der Waals surface area contributed by atoms with E-state index in [9.17, 15) is 4.55 Å². The van der Waals surface area contributed by atoms with Gasteiger partial charge in [-0.25, -0.2) is 0 Å². The summed E-state index contributed by atoms with van der Waals surface area (Å²) >= 11 is -0.913. The first kappa shape index (κ1) is 19.0. The molecular weight excluding hydrogens is 376 g/mol. The highest BCUT2D eigenvalue weighted by molar-refractivity contribution is 7.90. The van der Waals surface area contributed by atoms with Crippen LogP contribution in [0.1, 0.15) is 36.1 Å². The van der Waals surface area contributed by atoms with Crippen molar-refractivity contribution in [2.45, 2.75) is 43.0 Å². The summed E-state index contributed by atoms with van der Waals surface area (Å²) in [6.45, 7) is 0.937. The van der Waals surface area contributed by atoms with Gasteiger partial charge in [-0.05, 0) is 96.2 Å². The predicted octanol–water partition coefficient (Wildman–Crippen LogP) is 4.85. The summed E-state index contributed by atoms with van der Waals surface area (Å²) in [7, 11) is 0. The fraction of sp³-hybridized carbons (Fsp3) is 0.360. The number of benzene rings is 2. The highest BCUT2D eigenvalue weighted by Crippen LogP contribution is 2.35. The Morgan fingerprint density at radius 2 is 1.90 bits per heavy atom. The molecule has 3 atom stereocenters. The summed E-state index contributed by atoms with van der Waals surface area (Å²) in [5.41, 5.74) is 6.98. The Hall–Kier alpha value is -2.01. The van der Waals surface area contributed by atoms with Gasteiger partial charge in [-0.15, -0.1) is 0 Å². The van der Waals surface area contributed by atoms with Crippen LogP contribution in [0.3, 0.4) is 0 Å². The largest absolute Gasteiger partial charge is 0.612 e. The third-order valence-electron chi connectivity index (χ3n) is 6.59. The van der Waals surface area contributed by atoms with Gasteiger partial charge in [0.05, 0.1) is 0 Å². The number of nitrogens with one attached hydrogen (secondary N) is 2. The van der Waals surface area contributed by atoms with E-state index in [1.165, 1.54) is 53.4 Å². The van der Waals surface area contributed by atoms with Crippen LogP contribution in [0.5, 0.6) is 0 Å². The summed E-state index contributed by atoms with van der Waals surface area (Å²) < 4.78 is 11.6. The molecule has 0 bridgehead atoms. The Labute approximate surface area is 175 Å². The number of para-hydroxylation sites is 1. The van der Waals surface area contributed by atoms with E-state index >= 15 is 0 Å². The van der Waals surface area contributed by atoms with Gasteiger partial charge in [-0.1, -0.05) is 24.3 Å². The lowest BCUT2D eigenvalue weighted by Crippen LogP contribution is -2.35. The SMILES string of the molecule is C[S+]([O-])c1ccc(C2=CCNC(CC3CCc4[nH]c5ccccc5c4C3)C2)cc1. The number of aromatic amines is 1. The van der Waals surface area contributed by atoms with E-state index in [1.807, 2.05) is 12.1 Å². The molecule has 0 radical (unpaired) electrons. The van der Waals surface area contributed by atoms with E-state index in [1.54, 1.807) is 11.8 Å². The lowest BCUT2D eigenvalue weighted by atomic mass is 9.80. The smallest absolute Gasteiger partial charge is 0.152 e. The van der Waals surface area contributed by atoms with Crippen LogP contribution >= 0.6 is 0 Å². The fourth-order valence-corrected chi connectivity index (χ4v) is 5.60. The summed E-state index contributed by atoms with van der Waals surface area (Å²) in [4.78, 5) is 4.53. The van der Waals surface area contributed by atoms with Crippen LogP contribution in [-0.2, 0) is 24.0 Å². The molecule has 2 N–H and O–H groups in total. The van der Waals surface area contributed by atoms with Gasteiger partial charge in [-0.2, -0.15) is 0 Å². The molecule has 5 rings (SSSR count). The lowest BCUT2D eigenvalue weighted by molar-refractivity contribution is 0.356. The molecule has 4 heteroatoms. The van der Waals surface area contributed by atoms with Gasteiger partial charge in [-0.3, -0.25) is 0 Å².